The van der Waals surface area contributed by atoms with Crippen LogP contribution in [0.5, 0.6) is 11.5 Å². The van der Waals surface area contributed by atoms with Crippen LogP contribution in [0.3, 0.4) is 0 Å². The first-order chi connectivity index (χ1) is 68.2. The fraction of sp³-hybridized carbons (Fsp3) is 0.167. The van der Waals surface area contributed by atoms with E-state index in [2.05, 4.69) is 190 Å². The summed E-state index contributed by atoms with van der Waals surface area (Å²) in [5.41, 5.74) is 15.7. The number of fused-ring (bicyclic) bond motifs is 12. The molecule has 16 rings (SSSR count). The van der Waals surface area contributed by atoms with Crippen LogP contribution in [-0.4, -0.2) is 54.5 Å². The molecular formula is C96H82Br2N4O6S31. The van der Waals surface area contributed by atoms with Crippen LogP contribution in [0.25, 0.3) is 144 Å². The number of ether oxygens (including phenoxy) is 2. The first-order valence-corrected chi connectivity index (χ1v) is 82.5. The second-order valence-corrected chi connectivity index (χ2v) is 79.3. The molecule has 2 heterocycles. The quantitative estimate of drug-likeness (QED) is 0.0495. The molecule has 10 nitrogen and oxygen atoms in total. The zero-order chi connectivity index (χ0) is 97.5. The highest BCUT2D eigenvalue weighted by atomic mass is 79.9. The van der Waals surface area contributed by atoms with Gasteiger partial charge in [0.25, 0.3) is 0 Å². The van der Waals surface area contributed by atoms with E-state index < -0.39 is 0 Å². The van der Waals surface area contributed by atoms with E-state index >= 15 is 0 Å². The van der Waals surface area contributed by atoms with Gasteiger partial charge in [-0.05, 0) is 200 Å². The molecule has 2 aromatic heterocycles. The van der Waals surface area contributed by atoms with Gasteiger partial charge in [0.05, 0.1) is 57.5 Å². The van der Waals surface area contributed by atoms with Crippen molar-refractivity contribution in [3.05, 3.63) is 299 Å². The van der Waals surface area contributed by atoms with Crippen molar-refractivity contribution in [1.82, 2.24) is 19.1 Å². The van der Waals surface area contributed by atoms with Crippen molar-refractivity contribution in [2.75, 3.05) is 13.2 Å². The van der Waals surface area contributed by atoms with E-state index in [1.807, 2.05) is 146 Å². The second-order valence-electron chi connectivity index (χ2n) is 29.7. The minimum absolute atomic E-state index is 0.122. The highest BCUT2D eigenvalue weighted by Crippen LogP contribution is 2.47. The number of aromatic nitrogens is 4. The molecule has 2 unspecified atom stereocenters. The number of imidazole rings is 2. The fourth-order valence-corrected chi connectivity index (χ4v) is 79.0. The summed E-state index contributed by atoms with van der Waals surface area (Å²) in [7, 11) is 45.3. The minimum Gasteiger partial charge on any atom is -0.507 e. The summed E-state index contributed by atoms with van der Waals surface area (Å²) < 4.78 is 17.9. The predicted molar refractivity (Wildman–Crippen MR) is 679 cm³/mol. The van der Waals surface area contributed by atoms with Crippen molar-refractivity contribution in [2.45, 2.75) is 79.1 Å². The summed E-state index contributed by atoms with van der Waals surface area (Å²) in [5, 5.41) is 31.4. The van der Waals surface area contributed by atoms with E-state index in [9.17, 15) is 19.8 Å². The maximum absolute atomic E-state index is 13.2. The third-order valence-electron chi connectivity index (χ3n) is 21.7. The number of esters is 2. The Bertz CT molecular complexity index is 8520. The summed E-state index contributed by atoms with van der Waals surface area (Å²) in [4.78, 5) is 37.2. The van der Waals surface area contributed by atoms with Crippen LogP contribution in [0.1, 0.15) is 99.8 Å². The van der Waals surface area contributed by atoms with Gasteiger partial charge in [-0.25, -0.2) is 19.6 Å². The number of unbranched alkanes of at least 4 members (excludes halogenated alkanes) is 2. The van der Waals surface area contributed by atoms with Gasteiger partial charge < -0.3 is 19.7 Å². The highest BCUT2D eigenvalue weighted by molar-refractivity contribution is 9.10. The molecule has 722 valence electrons. The predicted octanol–water partition coefficient (Wildman–Crippen LogP) is 26.3. The zero-order valence-corrected chi connectivity index (χ0v) is 102. The summed E-state index contributed by atoms with van der Waals surface area (Å²) in [6, 6.07) is 93.3. The van der Waals surface area contributed by atoms with Crippen molar-refractivity contribution >= 4 is 393 Å². The smallest absolute Gasteiger partial charge is 0.338 e. The topological polar surface area (TPSA) is 129 Å². The normalized spacial score (nSPS) is 11.0. The molecular weight excluding hydrogens is 2460 g/mol. The van der Waals surface area contributed by atoms with Crippen molar-refractivity contribution in [1.29, 1.82) is 0 Å². The standard InChI is InChI=1S/C63H62N2O5.C33H20Br2N2O.S16.S15/c1-5-9-17-42(7-3)40-69-62(67)47-27-23-45(24-28-47)49-31-34-53-54-35-32-50(46-25-29-48(30-26-46)63(68)70-41-43(8-4)18-10-6-2)38-56(54)60-59(55(53)37-49)64-61(65(60)52-21-15-12-16-22-52)57-39-51(33-36-58(57)66)44-19-13-11-14-20-44;34-22-12-14-25-26-15-13-23(35)19-28(26)32-31(27(25)18-22)36-33(37(32)24-9-5-2-6-10-24)29-17-21(11-16-30(29)38)20-7-3-1-4-8-20;1-3-5-7-9-11-13-15-16-14-12-10-8-6-4-2;1-3-5-7-9-11-13-15-14-12-10-8-6-4-2/h11-16,19-39,42-43,66H,5-10,17-18,40-41H2,1-4H3;1-19,38H;;. The molecule has 0 aliphatic carbocycles. The van der Waals surface area contributed by atoms with E-state index in [0.29, 0.717) is 59.0 Å². The Morgan fingerprint density at radius 1 is 0.317 bits per heavy atom. The maximum Gasteiger partial charge on any atom is 0.338 e. The average Bonchev–Trinajstić information content (AvgIpc) is 1.49. The molecule has 0 saturated heterocycles. The van der Waals surface area contributed by atoms with E-state index in [-0.39, 0.29) is 23.4 Å². The number of nitrogens with zero attached hydrogens (tertiary/aromatic N) is 4. The van der Waals surface area contributed by atoms with Gasteiger partial charge >= 0.3 is 11.9 Å². The van der Waals surface area contributed by atoms with Gasteiger partial charge in [0.2, 0.25) is 0 Å². The van der Waals surface area contributed by atoms with Crippen molar-refractivity contribution < 1.29 is 29.3 Å². The fourth-order valence-electron chi connectivity index (χ4n) is 15.2. The van der Waals surface area contributed by atoms with Crippen molar-refractivity contribution in [3.8, 4) is 90.2 Å². The summed E-state index contributed by atoms with van der Waals surface area (Å²) in [6.45, 7) is 9.54. The number of carbonyl (C=O) groups excluding carboxylic acids is 2. The van der Waals surface area contributed by atoms with Crippen LogP contribution < -0.4 is 0 Å². The number of hydrogen-bond donors (Lipinski definition) is 2. The SMILES string of the molecule is CCCCC(CC)COC(=O)c1ccc(-c2ccc3c4ccc(-c5ccc(C(=O)OCC(CC)CCCC)cc5)cc4c4c(nc(-c5cc(-c6ccccc6)ccc5O)n4-c4ccccc4)c3c2)cc1.Oc1ccc(-c2ccccc2)cc1-c1nc2c3cc(Br)ccc3c3ccc(Br)cc3c2n1-c1ccccc1.S=S=S=S=S=S=S=S=S=S=S=S=S=S=S.S=S=S=S=S=S=S=S=S=S=S=S=S=S=S=S. The highest BCUT2D eigenvalue weighted by Gasteiger charge is 2.27. The molecule has 0 fully saturated rings. The third-order valence-corrected chi connectivity index (χ3v) is 78.2. The molecule has 0 aliphatic heterocycles. The number of para-hydroxylation sites is 2. The van der Waals surface area contributed by atoms with Crippen LogP contribution in [0.15, 0.2) is 288 Å². The molecule has 0 saturated carbocycles. The molecule has 14 aromatic carbocycles. The lowest BCUT2D eigenvalue weighted by atomic mass is 9.93. The Balaban J connectivity index is 0.000000194. The van der Waals surface area contributed by atoms with Crippen LogP contribution in [-0.2, 0) is 294 Å². The molecule has 2 atom stereocenters. The van der Waals surface area contributed by atoms with Gasteiger partial charge in [-0.2, -0.15) is 0 Å². The van der Waals surface area contributed by atoms with E-state index in [1.165, 1.54) is 35.5 Å². The monoisotopic (exact) mass is 2540 g/mol. The Morgan fingerprint density at radius 3 is 0.928 bits per heavy atom. The number of benzene rings is 14. The summed E-state index contributed by atoms with van der Waals surface area (Å²) in [5.74, 6) is 1.73. The lowest BCUT2D eigenvalue weighted by molar-refractivity contribution is 0.0419. The van der Waals surface area contributed by atoms with Gasteiger partial charge in [0.15, 0.2) is 0 Å². The first-order valence-electron chi connectivity index (χ1n) is 42.3. The molecule has 0 radical (unpaired) electrons. The lowest BCUT2D eigenvalue weighted by Gasteiger charge is -2.15. The minimum atomic E-state index is -0.303. The number of halogens is 2. The molecule has 0 bridgehead atoms. The van der Waals surface area contributed by atoms with E-state index in [0.717, 1.165) is 181 Å². The van der Waals surface area contributed by atoms with Crippen molar-refractivity contribution in [3.63, 3.8) is 0 Å². The van der Waals surface area contributed by atoms with Crippen LogP contribution in [0.2, 0.25) is 0 Å². The number of aromatic hydroxyl groups is 2. The molecule has 0 amide bonds. The van der Waals surface area contributed by atoms with Crippen molar-refractivity contribution in [2.24, 2.45) is 11.8 Å². The number of carbonyl (C=O) groups is 2. The lowest BCUT2D eigenvalue weighted by Crippen LogP contribution is -2.14. The Morgan fingerprint density at radius 2 is 0.590 bits per heavy atom. The molecule has 16 aromatic rings. The number of hydrogen-bond acceptors (Lipinski definition) is 12. The van der Waals surface area contributed by atoms with Gasteiger partial charge in [0.1, 0.15) is 23.1 Å². The van der Waals surface area contributed by atoms with Gasteiger partial charge in [-0.3, -0.25) is 9.13 Å². The maximum atomic E-state index is 13.2. The number of phenols is 2. The number of rotatable bonds is 22. The first kappa shape index (κ1) is 112. The van der Waals surface area contributed by atoms with Gasteiger partial charge in [-0.15, -0.1) is 0 Å². The molecule has 43 heteroatoms. The van der Waals surface area contributed by atoms with E-state index in [4.69, 9.17) is 64.2 Å². The Hall–Kier alpha value is -4.62. The van der Waals surface area contributed by atoms with Crippen LogP contribution in [0.4, 0.5) is 0 Å². The van der Waals surface area contributed by atoms with Crippen LogP contribution >= 0.6 is 31.9 Å². The van der Waals surface area contributed by atoms with Gasteiger partial charge in [-0.1, -0.05) is 268 Å². The van der Waals surface area contributed by atoms with Crippen LogP contribution in [0, 0.1) is 11.8 Å². The zero-order valence-electron chi connectivity index (χ0n) is 73.5. The number of phenolic OH excluding ortho intramolecular Hbond substituents is 2. The third kappa shape index (κ3) is 32.0. The second kappa shape index (κ2) is 60.6. The largest absolute Gasteiger partial charge is 0.507 e. The molecule has 139 heavy (non-hydrogen) atoms. The Kier molecular flexibility index (Phi) is 48.6. The molecule has 0 aliphatic rings. The summed E-state index contributed by atoms with van der Waals surface area (Å²) >= 11 is 26.3. The Labute approximate surface area is 921 Å². The average molecular weight is 2540 g/mol. The summed E-state index contributed by atoms with van der Waals surface area (Å²) in [6.07, 6.45) is 8.59. The van der Waals surface area contributed by atoms with E-state index in [1.54, 1.807) is 216 Å². The molecule has 2 N–H and O–H groups in total. The molecule has 0 spiro atoms. The van der Waals surface area contributed by atoms with Gasteiger partial charge in [0, 0.05) is 326 Å².